The second-order valence-electron chi connectivity index (χ2n) is 6.06. The molecule has 5 heteroatoms. The second-order valence-corrected chi connectivity index (χ2v) is 6.06. The largest absolute Gasteiger partial charge is 0.449 e. The van der Waals surface area contributed by atoms with Crippen LogP contribution in [0.4, 0.5) is 4.79 Å². The van der Waals surface area contributed by atoms with Gasteiger partial charge in [0.25, 0.3) is 0 Å². The van der Waals surface area contributed by atoms with Crippen LogP contribution >= 0.6 is 0 Å². The molecule has 1 rings (SSSR count). The smallest absolute Gasteiger partial charge is 0.412 e. The minimum atomic E-state index is -0.665. The first-order chi connectivity index (χ1) is 9.96. The number of carbonyl (C=O) groups is 1. The number of aliphatic hydroxyl groups excluding tert-OH is 1. The summed E-state index contributed by atoms with van der Waals surface area (Å²) in [4.78, 5) is 14.0. The first-order valence-corrected chi connectivity index (χ1v) is 7.78. The lowest BCUT2D eigenvalue weighted by molar-refractivity contribution is -0.0489. The van der Waals surface area contributed by atoms with Crippen molar-refractivity contribution in [2.45, 2.75) is 58.2 Å². The zero-order chi connectivity index (χ0) is 15.9. The molecular formula is C16H29NO4. The van der Waals surface area contributed by atoms with Gasteiger partial charge in [0.15, 0.2) is 0 Å². The molecule has 2 atom stereocenters. The molecule has 0 aromatic carbocycles. The number of carbonyl (C=O) groups excluding carboxylic acids is 1. The molecule has 0 bridgehead atoms. The number of amides is 1. The van der Waals surface area contributed by atoms with Gasteiger partial charge in [0, 0.05) is 6.61 Å². The van der Waals surface area contributed by atoms with Crippen LogP contribution in [0.1, 0.15) is 46.5 Å². The molecule has 1 saturated heterocycles. The van der Waals surface area contributed by atoms with E-state index in [1.807, 2.05) is 13.8 Å². The normalized spacial score (nSPS) is 22.1. The van der Waals surface area contributed by atoms with Crippen molar-refractivity contribution in [3.63, 3.8) is 0 Å². The Balaban J connectivity index is 2.69. The van der Waals surface area contributed by atoms with Crippen LogP contribution in [-0.2, 0) is 9.47 Å². The van der Waals surface area contributed by atoms with Crippen molar-refractivity contribution in [3.05, 3.63) is 12.7 Å². The molecule has 1 N–H and O–H groups in total. The second kappa shape index (κ2) is 8.39. The fourth-order valence-corrected chi connectivity index (χ4v) is 2.67. The van der Waals surface area contributed by atoms with Crippen LogP contribution in [0.25, 0.3) is 0 Å². The van der Waals surface area contributed by atoms with Gasteiger partial charge in [-0.2, -0.15) is 0 Å². The molecule has 1 aliphatic heterocycles. The van der Waals surface area contributed by atoms with Crippen molar-refractivity contribution in [1.29, 1.82) is 0 Å². The van der Waals surface area contributed by atoms with E-state index in [1.165, 1.54) is 0 Å². The molecule has 0 radical (unpaired) electrons. The maximum absolute atomic E-state index is 12.3. The fraction of sp³-hybridized carbons (Fsp3) is 0.812. The Morgan fingerprint density at radius 1 is 1.62 bits per heavy atom. The topological polar surface area (TPSA) is 59.0 Å². The molecule has 0 saturated carbocycles. The summed E-state index contributed by atoms with van der Waals surface area (Å²) in [7, 11) is 0. The molecular weight excluding hydrogens is 270 g/mol. The summed E-state index contributed by atoms with van der Waals surface area (Å²) >= 11 is 0. The van der Waals surface area contributed by atoms with Gasteiger partial charge in [0.05, 0.1) is 19.3 Å². The molecule has 5 nitrogen and oxygen atoms in total. The van der Waals surface area contributed by atoms with Crippen LogP contribution in [0.5, 0.6) is 0 Å². The number of allylic oxidation sites excluding steroid dienone is 1. The van der Waals surface area contributed by atoms with Crippen molar-refractivity contribution in [2.24, 2.45) is 5.92 Å². The first-order valence-electron chi connectivity index (χ1n) is 7.78. The van der Waals surface area contributed by atoms with E-state index in [0.29, 0.717) is 19.6 Å². The van der Waals surface area contributed by atoms with Gasteiger partial charge in [-0.1, -0.05) is 19.4 Å². The molecule has 0 aliphatic carbocycles. The predicted octanol–water partition coefficient (Wildman–Crippen LogP) is 2.93. The van der Waals surface area contributed by atoms with Gasteiger partial charge in [-0.05, 0) is 39.0 Å². The maximum atomic E-state index is 12.3. The summed E-state index contributed by atoms with van der Waals surface area (Å²) in [5.74, 6) is 0.0935. The van der Waals surface area contributed by atoms with Gasteiger partial charge in [0.1, 0.15) is 5.72 Å². The fourth-order valence-electron chi connectivity index (χ4n) is 2.67. The summed E-state index contributed by atoms with van der Waals surface area (Å²) in [5, 5.41) is 9.42. The standard InChI is InChI=1S/C16H29NO4/c1-5-7-9-20-15(19)17-14(12-21-16(17,3)4)10-13(11-18)8-6-2/h6,13-14,18H,2,5,7-12H2,1,3-4H3. The SMILES string of the molecule is C=CCC(CO)CC1COC(C)(C)N1C(=O)OCCCC. The zero-order valence-electron chi connectivity index (χ0n) is 13.5. The highest BCUT2D eigenvalue weighted by atomic mass is 16.6. The summed E-state index contributed by atoms with van der Waals surface area (Å²) < 4.78 is 11.1. The summed E-state index contributed by atoms with van der Waals surface area (Å²) in [6, 6.07) is -0.0637. The predicted molar refractivity (Wildman–Crippen MR) is 81.9 cm³/mol. The first kappa shape index (κ1) is 18.0. The highest BCUT2D eigenvalue weighted by molar-refractivity contribution is 5.69. The Labute approximate surface area is 127 Å². The van der Waals surface area contributed by atoms with Crippen LogP contribution in [0.2, 0.25) is 0 Å². The number of unbranched alkanes of at least 4 members (excludes halogenated alkanes) is 1. The Morgan fingerprint density at radius 3 is 2.90 bits per heavy atom. The van der Waals surface area contributed by atoms with E-state index in [-0.39, 0.29) is 24.7 Å². The average Bonchev–Trinajstić information content (AvgIpc) is 2.73. The summed E-state index contributed by atoms with van der Waals surface area (Å²) in [6.45, 7) is 10.5. The Kier molecular flexibility index (Phi) is 7.18. The molecule has 0 aromatic rings. The van der Waals surface area contributed by atoms with Gasteiger partial charge in [0.2, 0.25) is 0 Å². The lowest BCUT2D eigenvalue weighted by Crippen LogP contribution is -2.48. The average molecular weight is 299 g/mol. The lowest BCUT2D eigenvalue weighted by atomic mass is 9.97. The number of rotatable bonds is 8. The Hall–Kier alpha value is -1.07. The van der Waals surface area contributed by atoms with Crippen molar-refractivity contribution in [1.82, 2.24) is 4.90 Å². The van der Waals surface area contributed by atoms with E-state index in [4.69, 9.17) is 9.47 Å². The molecule has 1 fully saturated rings. The van der Waals surface area contributed by atoms with E-state index in [1.54, 1.807) is 11.0 Å². The number of hydrogen-bond donors (Lipinski definition) is 1. The molecule has 1 amide bonds. The van der Waals surface area contributed by atoms with Crippen LogP contribution < -0.4 is 0 Å². The Morgan fingerprint density at radius 2 is 2.33 bits per heavy atom. The molecule has 0 spiro atoms. The Bertz CT molecular complexity index is 343. The van der Waals surface area contributed by atoms with Crippen molar-refractivity contribution in [3.8, 4) is 0 Å². The van der Waals surface area contributed by atoms with Crippen molar-refractivity contribution >= 4 is 6.09 Å². The van der Waals surface area contributed by atoms with E-state index >= 15 is 0 Å². The number of aliphatic hydroxyl groups is 1. The highest BCUT2D eigenvalue weighted by Gasteiger charge is 2.45. The minimum absolute atomic E-state index is 0.0637. The van der Waals surface area contributed by atoms with Crippen molar-refractivity contribution in [2.75, 3.05) is 19.8 Å². The van der Waals surface area contributed by atoms with E-state index < -0.39 is 5.72 Å². The van der Waals surface area contributed by atoms with Gasteiger partial charge in [-0.25, -0.2) is 4.79 Å². The molecule has 2 unspecified atom stereocenters. The third kappa shape index (κ3) is 5.00. The van der Waals surface area contributed by atoms with E-state index in [2.05, 4.69) is 13.5 Å². The van der Waals surface area contributed by atoms with Gasteiger partial charge in [-0.15, -0.1) is 6.58 Å². The van der Waals surface area contributed by atoms with E-state index in [0.717, 1.165) is 19.3 Å². The third-order valence-corrected chi connectivity index (χ3v) is 3.86. The van der Waals surface area contributed by atoms with Crippen molar-refractivity contribution < 1.29 is 19.4 Å². The molecule has 1 heterocycles. The maximum Gasteiger partial charge on any atom is 0.412 e. The summed E-state index contributed by atoms with van der Waals surface area (Å²) in [6.07, 6.45) is 4.74. The monoisotopic (exact) mass is 299 g/mol. The number of ether oxygens (including phenoxy) is 2. The lowest BCUT2D eigenvalue weighted by Gasteiger charge is -2.33. The van der Waals surface area contributed by atoms with Gasteiger partial charge >= 0.3 is 6.09 Å². The number of hydrogen-bond acceptors (Lipinski definition) is 4. The molecule has 21 heavy (non-hydrogen) atoms. The van der Waals surface area contributed by atoms with E-state index in [9.17, 15) is 9.90 Å². The van der Waals surface area contributed by atoms with Gasteiger partial charge < -0.3 is 14.6 Å². The molecule has 1 aliphatic rings. The minimum Gasteiger partial charge on any atom is -0.449 e. The summed E-state index contributed by atoms with van der Waals surface area (Å²) in [5.41, 5.74) is -0.665. The third-order valence-electron chi connectivity index (χ3n) is 3.86. The van der Waals surface area contributed by atoms with Crippen LogP contribution in [0, 0.1) is 5.92 Å². The molecule has 122 valence electrons. The molecule has 0 aromatic heterocycles. The number of nitrogens with zero attached hydrogens (tertiary/aromatic N) is 1. The zero-order valence-corrected chi connectivity index (χ0v) is 13.5. The quantitative estimate of drug-likeness (QED) is 0.553. The van der Waals surface area contributed by atoms with Crippen LogP contribution in [0.3, 0.4) is 0 Å². The van der Waals surface area contributed by atoms with Crippen LogP contribution in [-0.4, -0.2) is 47.7 Å². The van der Waals surface area contributed by atoms with Gasteiger partial charge in [-0.3, -0.25) is 4.90 Å². The van der Waals surface area contributed by atoms with Crippen LogP contribution in [0.15, 0.2) is 12.7 Å². The highest BCUT2D eigenvalue weighted by Crippen LogP contribution is 2.32.